The molecule has 0 aliphatic heterocycles. The van der Waals surface area contributed by atoms with Gasteiger partial charge < -0.3 is 10.2 Å². The Morgan fingerprint density at radius 2 is 2.06 bits per heavy atom. The lowest BCUT2D eigenvalue weighted by atomic mass is 10.3. The first-order chi connectivity index (χ1) is 8.44. The first-order valence-corrected chi connectivity index (χ1v) is 6.91. The second kappa shape index (κ2) is 5.31. The van der Waals surface area contributed by atoms with Gasteiger partial charge in [0.15, 0.2) is 5.58 Å². The van der Waals surface area contributed by atoms with E-state index in [1.54, 1.807) is 18.2 Å². The van der Waals surface area contributed by atoms with Crippen LogP contribution in [0.15, 0.2) is 27.8 Å². The largest absolute Gasteiger partial charge is 0.441 e. The van der Waals surface area contributed by atoms with Gasteiger partial charge in [0.2, 0.25) is 0 Å². The number of alkyl halides is 3. The maximum atomic E-state index is 11.9. The highest BCUT2D eigenvalue weighted by molar-refractivity contribution is 8.03. The minimum Gasteiger partial charge on any atom is -0.431 e. The lowest BCUT2D eigenvalue weighted by Crippen LogP contribution is -2.02. The van der Waals surface area contributed by atoms with Crippen molar-refractivity contribution >= 4 is 40.3 Å². The number of nitrogen functional groups attached to an aromatic ring is 1. The molecule has 1 aromatic heterocycles. The third-order valence-corrected chi connectivity index (χ3v) is 3.79. The van der Waals surface area contributed by atoms with Crippen molar-refractivity contribution in [3.05, 3.63) is 18.2 Å². The van der Waals surface area contributed by atoms with Crippen LogP contribution in [0.5, 0.6) is 0 Å². The van der Waals surface area contributed by atoms with Crippen molar-refractivity contribution in [2.24, 2.45) is 0 Å². The number of benzene rings is 1. The monoisotopic (exact) mass is 294 g/mol. The third kappa shape index (κ3) is 3.74. The maximum absolute atomic E-state index is 11.9. The zero-order valence-electron chi connectivity index (χ0n) is 9.03. The number of nitrogens with zero attached hydrogens (tertiary/aromatic N) is 1. The van der Waals surface area contributed by atoms with Gasteiger partial charge in [0.1, 0.15) is 5.52 Å². The number of rotatable bonds is 4. The second-order valence-corrected chi connectivity index (χ2v) is 5.56. The van der Waals surface area contributed by atoms with Crippen LogP contribution in [0.2, 0.25) is 0 Å². The smallest absolute Gasteiger partial charge is 0.431 e. The fraction of sp³-hybridized carbons (Fsp3) is 0.300. The molecule has 0 unspecified atom stereocenters. The van der Waals surface area contributed by atoms with Gasteiger partial charge in [-0.05, 0) is 18.2 Å². The molecule has 18 heavy (non-hydrogen) atoms. The number of hydrogen-bond acceptors (Lipinski definition) is 5. The molecule has 0 aliphatic rings. The summed E-state index contributed by atoms with van der Waals surface area (Å²) in [5, 5.41) is 0.360. The van der Waals surface area contributed by atoms with E-state index in [-0.39, 0.29) is 23.3 Å². The van der Waals surface area contributed by atoms with Gasteiger partial charge in [0.25, 0.3) is 5.22 Å². The Hall–Kier alpha value is -1.02. The number of fused-ring (bicyclic) bond motifs is 1. The van der Waals surface area contributed by atoms with E-state index in [0.717, 1.165) is 11.8 Å². The van der Waals surface area contributed by atoms with Crippen LogP contribution in [-0.2, 0) is 0 Å². The lowest BCUT2D eigenvalue weighted by Gasteiger charge is -2.03. The Morgan fingerprint density at radius 3 is 2.78 bits per heavy atom. The first kappa shape index (κ1) is 13.4. The molecule has 98 valence electrons. The van der Waals surface area contributed by atoms with Crippen molar-refractivity contribution in [3.8, 4) is 0 Å². The molecule has 0 saturated heterocycles. The first-order valence-electron chi connectivity index (χ1n) is 4.93. The quantitative estimate of drug-likeness (QED) is 0.528. The number of anilines is 1. The van der Waals surface area contributed by atoms with Crippen LogP contribution in [-0.4, -0.2) is 22.0 Å². The highest BCUT2D eigenvalue weighted by Crippen LogP contribution is 2.32. The van der Waals surface area contributed by atoms with Crippen LogP contribution >= 0.6 is 23.5 Å². The van der Waals surface area contributed by atoms with Crippen LogP contribution < -0.4 is 5.73 Å². The molecular formula is C10H9F3N2OS2. The Kier molecular flexibility index (Phi) is 3.96. The van der Waals surface area contributed by atoms with Crippen molar-refractivity contribution in [2.75, 3.05) is 17.2 Å². The normalized spacial score (nSPS) is 12.2. The van der Waals surface area contributed by atoms with Crippen molar-refractivity contribution in [3.63, 3.8) is 0 Å². The van der Waals surface area contributed by atoms with E-state index in [1.807, 2.05) is 0 Å². The standard InChI is InChI=1S/C10H9F3N2OS2/c11-10(12,13)18-4-3-17-9-15-7-5-6(14)1-2-8(7)16-9/h1-2,5H,3-4,14H2. The summed E-state index contributed by atoms with van der Waals surface area (Å²) < 4.78 is 41.0. The van der Waals surface area contributed by atoms with E-state index in [1.165, 1.54) is 0 Å². The maximum Gasteiger partial charge on any atom is 0.441 e. The van der Waals surface area contributed by atoms with E-state index in [0.29, 0.717) is 22.0 Å². The minimum atomic E-state index is -4.18. The van der Waals surface area contributed by atoms with Gasteiger partial charge in [-0.3, -0.25) is 0 Å². The van der Waals surface area contributed by atoms with E-state index in [4.69, 9.17) is 10.2 Å². The zero-order valence-corrected chi connectivity index (χ0v) is 10.7. The van der Waals surface area contributed by atoms with Crippen LogP contribution in [0.1, 0.15) is 0 Å². The van der Waals surface area contributed by atoms with Crippen LogP contribution in [0.4, 0.5) is 18.9 Å². The molecule has 0 spiro atoms. The van der Waals surface area contributed by atoms with E-state index in [2.05, 4.69) is 4.98 Å². The Balaban J connectivity index is 1.92. The zero-order chi connectivity index (χ0) is 13.2. The topological polar surface area (TPSA) is 52.0 Å². The predicted molar refractivity (Wildman–Crippen MR) is 67.7 cm³/mol. The second-order valence-electron chi connectivity index (χ2n) is 3.35. The SMILES string of the molecule is Nc1ccc2oc(SCCSC(F)(F)F)nc2c1. The third-order valence-electron chi connectivity index (χ3n) is 1.97. The molecular weight excluding hydrogens is 285 g/mol. The van der Waals surface area contributed by atoms with Gasteiger partial charge in [0, 0.05) is 17.2 Å². The predicted octanol–water partition coefficient (Wildman–Crippen LogP) is 3.76. The molecule has 0 radical (unpaired) electrons. The lowest BCUT2D eigenvalue weighted by molar-refractivity contribution is -0.0326. The molecule has 2 aromatic rings. The van der Waals surface area contributed by atoms with Crippen LogP contribution in [0.25, 0.3) is 11.1 Å². The number of hydrogen-bond donors (Lipinski definition) is 1. The average Bonchev–Trinajstić information content (AvgIpc) is 2.65. The fourth-order valence-electron chi connectivity index (χ4n) is 1.27. The molecule has 1 aromatic carbocycles. The molecule has 0 amide bonds. The summed E-state index contributed by atoms with van der Waals surface area (Å²) in [7, 11) is 0. The molecule has 0 aliphatic carbocycles. The van der Waals surface area contributed by atoms with Gasteiger partial charge in [-0.25, -0.2) is 4.98 Å². The summed E-state index contributed by atoms with van der Waals surface area (Å²) in [4.78, 5) is 4.13. The Morgan fingerprint density at radius 1 is 1.28 bits per heavy atom. The van der Waals surface area contributed by atoms with E-state index >= 15 is 0 Å². The van der Waals surface area contributed by atoms with E-state index in [9.17, 15) is 13.2 Å². The van der Waals surface area contributed by atoms with Crippen molar-refractivity contribution < 1.29 is 17.6 Å². The molecule has 2 N–H and O–H groups in total. The fourth-order valence-corrected chi connectivity index (χ4v) is 2.66. The number of thioether (sulfide) groups is 2. The molecule has 3 nitrogen and oxygen atoms in total. The van der Waals surface area contributed by atoms with Gasteiger partial charge in [-0.1, -0.05) is 23.5 Å². The highest BCUT2D eigenvalue weighted by Gasteiger charge is 2.27. The summed E-state index contributed by atoms with van der Waals surface area (Å²) in [5.41, 5.74) is 3.16. The molecule has 8 heteroatoms. The summed E-state index contributed by atoms with van der Waals surface area (Å²) in [6.45, 7) is 0. The van der Waals surface area contributed by atoms with Crippen molar-refractivity contribution in [1.82, 2.24) is 4.98 Å². The molecule has 0 fully saturated rings. The average molecular weight is 294 g/mol. The number of halogens is 3. The van der Waals surface area contributed by atoms with Gasteiger partial charge >= 0.3 is 5.51 Å². The Labute approximate surface area is 109 Å². The summed E-state index contributed by atoms with van der Waals surface area (Å²) in [6.07, 6.45) is 0. The molecule has 1 heterocycles. The van der Waals surface area contributed by atoms with Crippen LogP contribution in [0, 0.1) is 0 Å². The van der Waals surface area contributed by atoms with Gasteiger partial charge in [-0.2, -0.15) is 13.2 Å². The van der Waals surface area contributed by atoms with Gasteiger partial charge in [0.05, 0.1) is 0 Å². The number of nitrogens with two attached hydrogens (primary N) is 1. The summed E-state index contributed by atoms with van der Waals surface area (Å²) >= 11 is 1.11. The number of oxazole rings is 1. The van der Waals surface area contributed by atoms with Crippen molar-refractivity contribution in [2.45, 2.75) is 10.7 Å². The summed E-state index contributed by atoms with van der Waals surface area (Å²) in [6, 6.07) is 5.03. The van der Waals surface area contributed by atoms with Crippen molar-refractivity contribution in [1.29, 1.82) is 0 Å². The molecule has 0 bridgehead atoms. The van der Waals surface area contributed by atoms with Crippen LogP contribution in [0.3, 0.4) is 0 Å². The molecule has 2 rings (SSSR count). The minimum absolute atomic E-state index is 0.0327. The number of aromatic nitrogens is 1. The molecule has 0 atom stereocenters. The highest BCUT2D eigenvalue weighted by atomic mass is 32.2. The summed E-state index contributed by atoms with van der Waals surface area (Å²) in [5.74, 6) is 0.251. The Bertz CT molecular complexity index is 541. The molecule has 0 saturated carbocycles. The van der Waals surface area contributed by atoms with Gasteiger partial charge in [-0.15, -0.1) is 0 Å². The van der Waals surface area contributed by atoms with E-state index < -0.39 is 5.51 Å².